The molecular formula is C59H72Br8Cl2N4O19. The maximum atomic E-state index is 12.1. The number of rotatable bonds is 14. The van der Waals surface area contributed by atoms with Crippen LogP contribution in [0.1, 0.15) is 112 Å². The number of nitrogens with two attached hydrogens (primary N) is 1. The summed E-state index contributed by atoms with van der Waals surface area (Å²) >= 11 is 25.2. The number of allylic oxidation sites excluding steroid dienone is 1. The Labute approximate surface area is 612 Å². The molecule has 6 aromatic rings. The number of hydrogen-bond acceptors (Lipinski definition) is 18. The van der Waals surface area contributed by atoms with E-state index in [0.717, 1.165) is 41.7 Å². The number of carboxylic acids is 3. The standard InChI is InChI=1S/C17H14Br2N2O3.C10H8Br2O4.C10H6Br2O4.C8H6Br2O2.C7H10N2O.C2H2O3.CH4O.4CH4.2ClH.H2O.H2/c18-13-7-11(8-14(19)17(13)24)15-4-5-16(23)21(20-15)9-10-2-1-3-12(22)6-10;2*11-6-3-5(4-7(12)10(6)16)8(13)1-2-9(14)15;1-4(11)5-2-6(9)8(12)7(10)3-5;8-9-5-6-2-1-3-7(10)4-6;3-1-2(4)5;1-2;;;;;;;;/h1-3,6-8,22,24H,4-5,9H2;3-4,16H,1-2H2,(H,14,15);1-4,16H,(H,14,15);2-3,12H,1H3;1-4,9-10H,5,8H2;1H,(H,4,5);2H,1H3;4*1H4;2*1H;1H2;1H/b;;2-1+;;;;;;;;;;;;. The quantitative estimate of drug-likeness (QED) is 0.0120. The molecule has 0 fully saturated rings. The second-order valence-corrected chi connectivity index (χ2v) is 23.1. The van der Waals surface area contributed by atoms with Crippen molar-refractivity contribution in [2.24, 2.45) is 10.9 Å². The molecule has 1 aliphatic heterocycles. The lowest BCUT2D eigenvalue weighted by Gasteiger charge is -2.24. The summed E-state index contributed by atoms with van der Waals surface area (Å²) in [5, 5.41) is 93.6. The van der Waals surface area contributed by atoms with Crippen molar-refractivity contribution in [1.29, 1.82) is 0 Å². The molecule has 0 aliphatic carbocycles. The number of hydrogen-bond donors (Lipinski definition) is 12. The van der Waals surface area contributed by atoms with Crippen LogP contribution in [-0.4, -0.2) is 122 Å². The van der Waals surface area contributed by atoms with Gasteiger partial charge in [0.1, 0.15) is 34.5 Å². The van der Waals surface area contributed by atoms with Crippen LogP contribution >= 0.6 is 152 Å². The lowest BCUT2D eigenvalue weighted by molar-refractivity contribution is -0.143. The molecule has 512 valence electrons. The number of carbonyl (C=O) groups is 8. The van der Waals surface area contributed by atoms with E-state index in [1.165, 1.54) is 36.2 Å². The number of hydrazine groups is 1. The second-order valence-electron chi connectivity index (χ2n) is 16.2. The van der Waals surface area contributed by atoms with Gasteiger partial charge < -0.3 is 56.5 Å². The molecule has 7 rings (SSSR count). The van der Waals surface area contributed by atoms with E-state index in [-0.39, 0.29) is 138 Å². The molecule has 15 N–H and O–H groups in total. The molecule has 0 saturated heterocycles. The van der Waals surface area contributed by atoms with Crippen LogP contribution in [0.3, 0.4) is 0 Å². The zero-order valence-electron chi connectivity index (χ0n) is 45.3. The van der Waals surface area contributed by atoms with Gasteiger partial charge in [-0.25, -0.2) is 14.6 Å². The van der Waals surface area contributed by atoms with Gasteiger partial charge >= 0.3 is 17.9 Å². The molecule has 0 atom stereocenters. The van der Waals surface area contributed by atoms with Crippen LogP contribution in [0.15, 0.2) is 150 Å². The summed E-state index contributed by atoms with van der Waals surface area (Å²) in [6, 6.07) is 26.2. The lowest BCUT2D eigenvalue weighted by Crippen LogP contribution is -2.31. The maximum Gasteiger partial charge on any atom is 0.368 e. The number of phenolic OH excluding ortho intramolecular Hbond substituents is 6. The molecule has 0 unspecified atom stereocenters. The molecule has 0 radical (unpaired) electrons. The minimum absolute atomic E-state index is 0. The number of aromatic hydroxyl groups is 6. The summed E-state index contributed by atoms with van der Waals surface area (Å²) in [5.41, 5.74) is 7.08. The van der Waals surface area contributed by atoms with Gasteiger partial charge in [-0.15, -0.1) is 24.8 Å². The normalized spacial score (nSPS) is 10.2. The van der Waals surface area contributed by atoms with E-state index < -0.39 is 23.7 Å². The number of amides is 1. The fourth-order valence-corrected chi connectivity index (χ4v) is 10.8. The number of Topliss-reactive ketones (excluding diaryl/α,β-unsaturated/α-hetero) is 2. The predicted molar refractivity (Wildman–Crippen MR) is 389 cm³/mol. The molecular weight excluding hydrogens is 1780 g/mol. The third-order valence-corrected chi connectivity index (χ3v) is 14.9. The molecule has 23 nitrogen and oxygen atoms in total. The van der Waals surface area contributed by atoms with Gasteiger partial charge in [0, 0.05) is 62.7 Å². The average Bonchev–Trinajstić information content (AvgIpc) is 0.864. The predicted octanol–water partition coefficient (Wildman–Crippen LogP) is 15.0. The molecule has 1 heterocycles. The van der Waals surface area contributed by atoms with E-state index >= 15 is 0 Å². The Kier molecular flexibility index (Phi) is 56.2. The van der Waals surface area contributed by atoms with Crippen molar-refractivity contribution in [3.05, 3.63) is 178 Å². The van der Waals surface area contributed by atoms with Crippen LogP contribution in [0.5, 0.6) is 34.5 Å². The van der Waals surface area contributed by atoms with Crippen molar-refractivity contribution in [3.63, 3.8) is 0 Å². The van der Waals surface area contributed by atoms with Gasteiger partial charge in [0.25, 0.3) is 0 Å². The van der Waals surface area contributed by atoms with Gasteiger partial charge in [0.2, 0.25) is 12.2 Å². The SMILES string of the molecule is C.C.C.C.CC(=O)c1cc(Br)c(O)c(Br)c1.CO.Cl.Cl.NNCc1cccc(O)c1.O.O=C(O)/C=C/C(=O)c1cc(Br)c(O)c(Br)c1.O=C(O)CCC(=O)c1cc(Br)c(O)c(Br)c1.O=C1CCC(c2cc(Br)c(O)c(Br)c2)=NN1Cc1cccc(O)c1.O=CC(=O)O.[HH]. The maximum absolute atomic E-state index is 12.1. The molecule has 0 spiro atoms. The topological polar surface area (TPSA) is 424 Å². The van der Waals surface area contributed by atoms with Crippen LogP contribution in [0.25, 0.3) is 0 Å². The van der Waals surface area contributed by atoms with Crippen molar-refractivity contribution in [2.45, 2.75) is 75.4 Å². The fourth-order valence-electron chi connectivity index (χ4n) is 6.09. The highest BCUT2D eigenvalue weighted by molar-refractivity contribution is 9.12. The number of carboxylic acid groups (broad SMARTS) is 3. The molecule has 1 aliphatic rings. The van der Waals surface area contributed by atoms with Gasteiger partial charge in [-0.2, -0.15) is 5.10 Å². The third-order valence-electron chi connectivity index (χ3n) is 10.0. The van der Waals surface area contributed by atoms with E-state index in [4.69, 9.17) is 41.0 Å². The minimum atomic E-state index is -1.43. The summed E-state index contributed by atoms with van der Waals surface area (Å²) < 4.78 is 3.64. The number of aliphatic hydroxyl groups excluding tert-OH is 1. The highest BCUT2D eigenvalue weighted by Gasteiger charge is 2.23. The average molecular weight is 1850 g/mol. The monoisotopic (exact) mass is 1840 g/mol. The third kappa shape index (κ3) is 36.7. The number of phenols is 6. The minimum Gasteiger partial charge on any atom is -0.508 e. The number of nitrogens with one attached hydrogen (secondary N) is 1. The summed E-state index contributed by atoms with van der Waals surface area (Å²) in [6.07, 6.45) is 2.20. The molecule has 33 heteroatoms. The first-order chi connectivity index (χ1) is 39.9. The Morgan fingerprint density at radius 2 is 0.935 bits per heavy atom. The molecule has 0 bridgehead atoms. The van der Waals surface area contributed by atoms with Crippen LogP contribution in [0.4, 0.5) is 0 Å². The summed E-state index contributed by atoms with van der Waals surface area (Å²) in [4.78, 5) is 84.6. The highest BCUT2D eigenvalue weighted by atomic mass is 79.9. The van der Waals surface area contributed by atoms with Crippen molar-refractivity contribution >= 4 is 205 Å². The van der Waals surface area contributed by atoms with Crippen LogP contribution in [0, 0.1) is 0 Å². The van der Waals surface area contributed by atoms with Gasteiger partial charge in [0.15, 0.2) is 17.3 Å². The van der Waals surface area contributed by atoms with Gasteiger partial charge in [-0.1, -0.05) is 54.0 Å². The zero-order valence-corrected chi connectivity index (χ0v) is 59.6. The first kappa shape index (κ1) is 99.9. The summed E-state index contributed by atoms with van der Waals surface area (Å²) in [7, 11) is 1.00. The molecule has 6 aromatic carbocycles. The number of nitrogens with zero attached hydrogens (tertiary/aromatic N) is 2. The lowest BCUT2D eigenvalue weighted by atomic mass is 10.0. The first-order valence-electron chi connectivity index (χ1n) is 23.3. The number of halogens is 10. The van der Waals surface area contributed by atoms with E-state index in [2.05, 4.69) is 138 Å². The van der Waals surface area contributed by atoms with Crippen LogP contribution < -0.4 is 11.3 Å². The molecule has 1 amide bonds. The van der Waals surface area contributed by atoms with Crippen LogP contribution in [0.2, 0.25) is 0 Å². The number of ketones is 3. The first-order valence-corrected chi connectivity index (χ1v) is 29.7. The van der Waals surface area contributed by atoms with Crippen molar-refractivity contribution in [3.8, 4) is 34.5 Å². The number of carbonyl (C=O) groups excluding carboxylic acids is 5. The van der Waals surface area contributed by atoms with E-state index in [1.54, 1.807) is 60.7 Å². The Hall–Kier alpha value is -5.65. The van der Waals surface area contributed by atoms with Crippen molar-refractivity contribution < 1.29 is 96.3 Å². The van der Waals surface area contributed by atoms with E-state index in [0.29, 0.717) is 72.8 Å². The molecule has 92 heavy (non-hydrogen) atoms. The Balaban J connectivity index is -0.000000158. The summed E-state index contributed by atoms with van der Waals surface area (Å²) in [6.45, 7) is 2.36. The Morgan fingerprint density at radius 3 is 1.29 bits per heavy atom. The second kappa shape index (κ2) is 51.7. The smallest absolute Gasteiger partial charge is 0.368 e. The number of benzene rings is 6. The fraction of sp³-hybridized carbons (Fsp3) is 0.203. The van der Waals surface area contributed by atoms with Gasteiger partial charge in [-0.3, -0.25) is 40.0 Å². The van der Waals surface area contributed by atoms with E-state index in [1.807, 2.05) is 12.1 Å². The Morgan fingerprint density at radius 1 is 0.565 bits per heavy atom. The van der Waals surface area contributed by atoms with E-state index in [9.17, 15) is 54.3 Å². The van der Waals surface area contributed by atoms with Gasteiger partial charge in [-0.05, 0) is 224 Å². The molecule has 0 saturated carbocycles. The Bertz CT molecular complexity index is 3370. The largest absolute Gasteiger partial charge is 0.508 e. The number of aliphatic hydroxyl groups is 1. The number of aliphatic carboxylic acids is 3. The highest BCUT2D eigenvalue weighted by Crippen LogP contribution is 2.37. The molecule has 0 aromatic heterocycles. The zero-order chi connectivity index (χ0) is 64.8. The number of hydrazone groups is 1. The summed E-state index contributed by atoms with van der Waals surface area (Å²) in [5.74, 6) is 1.30. The number of aldehydes is 1. The van der Waals surface area contributed by atoms with Crippen LogP contribution in [-0.2, 0) is 37.1 Å². The van der Waals surface area contributed by atoms with Crippen molar-refractivity contribution in [1.82, 2.24) is 10.4 Å². The van der Waals surface area contributed by atoms with Crippen molar-refractivity contribution in [2.75, 3.05) is 7.11 Å². The van der Waals surface area contributed by atoms with Gasteiger partial charge in [0.05, 0.1) is 54.5 Å².